The van der Waals surface area contributed by atoms with E-state index in [-0.39, 0.29) is 6.42 Å². The highest BCUT2D eigenvalue weighted by molar-refractivity contribution is 5.66. The van der Waals surface area contributed by atoms with Gasteiger partial charge in [-0.2, -0.15) is 13.2 Å². The van der Waals surface area contributed by atoms with Crippen LogP contribution in [0.3, 0.4) is 0 Å². The topological polar surface area (TPSA) is 49.3 Å². The van der Waals surface area contributed by atoms with Gasteiger partial charge in [-0.15, -0.1) is 0 Å². The summed E-state index contributed by atoms with van der Waals surface area (Å²) in [4.78, 5) is 10.2. The molecule has 2 N–H and O–H groups in total. The number of halogens is 3. The number of aliphatic carboxylic acids is 1. The van der Waals surface area contributed by atoms with E-state index in [1.165, 1.54) is 6.92 Å². The lowest BCUT2D eigenvalue weighted by Crippen LogP contribution is -2.31. The van der Waals surface area contributed by atoms with Crippen molar-refractivity contribution in [3.8, 4) is 0 Å². The first-order valence-electron chi connectivity index (χ1n) is 5.33. The molecule has 0 aromatic heterocycles. The van der Waals surface area contributed by atoms with Crippen molar-refractivity contribution >= 4 is 5.97 Å². The predicted molar refractivity (Wildman–Crippen MR) is 54.2 cm³/mol. The van der Waals surface area contributed by atoms with Crippen molar-refractivity contribution in [3.63, 3.8) is 0 Å². The van der Waals surface area contributed by atoms with Crippen LogP contribution in [0.4, 0.5) is 13.2 Å². The average Bonchev–Trinajstić information content (AvgIpc) is 2.07. The molecule has 0 amide bonds. The van der Waals surface area contributed by atoms with Crippen LogP contribution in [0.5, 0.6) is 0 Å². The lowest BCUT2D eigenvalue weighted by Gasteiger charge is -2.15. The summed E-state index contributed by atoms with van der Waals surface area (Å²) in [5.74, 6) is -0.835. The second-order valence-corrected chi connectivity index (χ2v) is 3.88. The van der Waals surface area contributed by atoms with Crippen LogP contribution < -0.4 is 5.32 Å². The van der Waals surface area contributed by atoms with Crippen LogP contribution in [-0.4, -0.2) is 29.8 Å². The molecule has 0 aliphatic heterocycles. The number of carbonyl (C=O) groups is 1. The van der Waals surface area contributed by atoms with E-state index < -0.39 is 24.6 Å². The fourth-order valence-electron chi connectivity index (χ4n) is 1.35. The molecule has 0 aliphatic carbocycles. The zero-order valence-electron chi connectivity index (χ0n) is 9.31. The Morgan fingerprint density at radius 3 is 2.44 bits per heavy atom. The largest absolute Gasteiger partial charge is 0.481 e. The van der Waals surface area contributed by atoms with E-state index in [4.69, 9.17) is 5.11 Å². The third-order valence-electron chi connectivity index (χ3n) is 2.10. The second-order valence-electron chi connectivity index (χ2n) is 3.88. The van der Waals surface area contributed by atoms with Gasteiger partial charge in [0, 0.05) is 12.5 Å². The van der Waals surface area contributed by atoms with Crippen molar-refractivity contribution in [2.45, 2.75) is 51.2 Å². The Hall–Kier alpha value is -0.780. The summed E-state index contributed by atoms with van der Waals surface area (Å²) in [5, 5.41) is 11.1. The molecule has 0 fully saturated rings. The summed E-state index contributed by atoms with van der Waals surface area (Å²) in [6, 6.07) is -0.584. The van der Waals surface area contributed by atoms with Gasteiger partial charge in [0.25, 0.3) is 0 Å². The van der Waals surface area contributed by atoms with Crippen molar-refractivity contribution in [3.05, 3.63) is 0 Å². The number of alkyl halides is 3. The molecule has 0 saturated heterocycles. The van der Waals surface area contributed by atoms with Crippen molar-refractivity contribution in [2.75, 3.05) is 6.54 Å². The Morgan fingerprint density at radius 2 is 1.94 bits per heavy atom. The Bertz CT molecular complexity index is 207. The molecular weight excluding hydrogens is 223 g/mol. The van der Waals surface area contributed by atoms with Crippen molar-refractivity contribution in [2.24, 2.45) is 0 Å². The molecule has 0 aliphatic rings. The van der Waals surface area contributed by atoms with Crippen molar-refractivity contribution in [1.82, 2.24) is 5.32 Å². The van der Waals surface area contributed by atoms with Gasteiger partial charge in [-0.25, -0.2) is 0 Å². The van der Waals surface area contributed by atoms with Crippen LogP contribution in [-0.2, 0) is 4.79 Å². The van der Waals surface area contributed by atoms with Gasteiger partial charge in [0.1, 0.15) is 0 Å². The van der Waals surface area contributed by atoms with Gasteiger partial charge in [-0.3, -0.25) is 4.79 Å². The smallest absolute Gasteiger partial charge is 0.390 e. The predicted octanol–water partition coefficient (Wildman–Crippen LogP) is 2.56. The van der Waals surface area contributed by atoms with E-state index in [9.17, 15) is 18.0 Å². The summed E-state index contributed by atoms with van der Waals surface area (Å²) in [6.07, 6.45) is -2.84. The van der Waals surface area contributed by atoms with E-state index in [1.807, 2.05) is 0 Å². The van der Waals surface area contributed by atoms with Crippen LogP contribution in [0, 0.1) is 0 Å². The quantitative estimate of drug-likeness (QED) is 0.642. The minimum absolute atomic E-state index is 0.123. The van der Waals surface area contributed by atoms with Crippen LogP contribution in [0.25, 0.3) is 0 Å². The molecule has 0 spiro atoms. The minimum Gasteiger partial charge on any atom is -0.481 e. The molecule has 0 radical (unpaired) electrons. The molecule has 0 bridgehead atoms. The first-order valence-corrected chi connectivity index (χ1v) is 5.33. The van der Waals surface area contributed by atoms with E-state index >= 15 is 0 Å². The molecule has 0 rings (SSSR count). The molecular formula is C10H18F3NO2. The van der Waals surface area contributed by atoms with Gasteiger partial charge in [0.15, 0.2) is 0 Å². The number of unbranched alkanes of at least 4 members (excludes halogenated alkanes) is 2. The fraction of sp³-hybridized carbons (Fsp3) is 0.900. The maximum atomic E-state index is 11.9. The number of carboxylic acids is 1. The highest BCUT2D eigenvalue weighted by atomic mass is 19.4. The number of rotatable bonds is 8. The molecule has 1 unspecified atom stereocenters. The normalized spacial score (nSPS) is 13.8. The monoisotopic (exact) mass is 241 g/mol. The minimum atomic E-state index is -4.13. The number of carboxylic acid groups (broad SMARTS) is 1. The summed E-state index contributed by atoms with van der Waals surface area (Å²) in [6.45, 7) is 1.99. The van der Waals surface area contributed by atoms with Gasteiger partial charge in [-0.05, 0) is 26.3 Å². The molecule has 6 heteroatoms. The van der Waals surface area contributed by atoms with Crippen LogP contribution in [0.1, 0.15) is 39.0 Å². The third-order valence-corrected chi connectivity index (χ3v) is 2.10. The summed E-state index contributed by atoms with van der Waals surface area (Å²) >= 11 is 0. The van der Waals surface area contributed by atoms with E-state index in [0.717, 1.165) is 6.42 Å². The zero-order valence-corrected chi connectivity index (χ0v) is 9.31. The van der Waals surface area contributed by atoms with Gasteiger partial charge in [0.05, 0.1) is 6.42 Å². The van der Waals surface area contributed by atoms with Gasteiger partial charge >= 0.3 is 12.1 Å². The van der Waals surface area contributed by atoms with Crippen LogP contribution in [0.2, 0.25) is 0 Å². The van der Waals surface area contributed by atoms with Gasteiger partial charge in [-0.1, -0.05) is 6.42 Å². The van der Waals surface area contributed by atoms with Gasteiger partial charge < -0.3 is 10.4 Å². The Kier molecular flexibility index (Phi) is 7.12. The first-order chi connectivity index (χ1) is 7.31. The highest BCUT2D eigenvalue weighted by Crippen LogP contribution is 2.21. The van der Waals surface area contributed by atoms with Gasteiger partial charge in [0.2, 0.25) is 0 Å². The highest BCUT2D eigenvalue weighted by Gasteiger charge is 2.29. The Labute approximate surface area is 93.0 Å². The molecule has 0 aromatic carbocycles. The maximum absolute atomic E-state index is 11.9. The summed E-state index contributed by atoms with van der Waals surface area (Å²) in [7, 11) is 0. The molecule has 0 heterocycles. The number of hydrogen-bond acceptors (Lipinski definition) is 2. The molecule has 3 nitrogen and oxygen atoms in total. The van der Waals surface area contributed by atoms with E-state index in [1.54, 1.807) is 0 Å². The van der Waals surface area contributed by atoms with Crippen molar-refractivity contribution < 1.29 is 23.1 Å². The second kappa shape index (κ2) is 7.49. The van der Waals surface area contributed by atoms with Crippen LogP contribution >= 0.6 is 0 Å². The van der Waals surface area contributed by atoms with Crippen LogP contribution in [0.15, 0.2) is 0 Å². The van der Waals surface area contributed by atoms with Crippen molar-refractivity contribution in [1.29, 1.82) is 0 Å². The molecule has 1 atom stereocenters. The average molecular weight is 241 g/mol. The first kappa shape index (κ1) is 15.2. The Morgan fingerprint density at radius 1 is 1.31 bits per heavy atom. The SMILES string of the molecule is CC(CC(F)(F)F)NCCCCCC(=O)O. The maximum Gasteiger partial charge on any atom is 0.390 e. The lowest BCUT2D eigenvalue weighted by atomic mass is 10.2. The standard InChI is InChI=1S/C10H18F3NO2/c1-8(7-10(11,12)13)14-6-4-2-3-5-9(15)16/h8,14H,2-7H2,1H3,(H,15,16). The molecule has 96 valence electrons. The third kappa shape index (κ3) is 11.3. The molecule has 16 heavy (non-hydrogen) atoms. The fourth-order valence-corrected chi connectivity index (χ4v) is 1.35. The van der Waals surface area contributed by atoms with E-state index in [2.05, 4.69) is 5.32 Å². The Balaban J connectivity index is 3.35. The molecule has 0 aromatic rings. The summed E-state index contributed by atoms with van der Waals surface area (Å²) < 4.78 is 35.8. The van der Waals surface area contributed by atoms with E-state index in [0.29, 0.717) is 19.4 Å². The zero-order chi connectivity index (χ0) is 12.6. The summed E-state index contributed by atoms with van der Waals surface area (Å²) in [5.41, 5.74) is 0. The number of nitrogens with one attached hydrogen (secondary N) is 1. The molecule has 0 saturated carbocycles. The lowest BCUT2D eigenvalue weighted by molar-refractivity contribution is -0.139. The number of hydrogen-bond donors (Lipinski definition) is 2.